The fraction of sp³-hybridized carbons (Fsp3) is 0.429. The van der Waals surface area contributed by atoms with Gasteiger partial charge < -0.3 is 10.2 Å². The Morgan fingerprint density at radius 3 is 2.44 bits per heavy atom. The van der Waals surface area contributed by atoms with Gasteiger partial charge in [0.25, 0.3) is 0 Å². The van der Waals surface area contributed by atoms with E-state index in [4.69, 9.17) is 11.6 Å². The lowest BCUT2D eigenvalue weighted by Crippen LogP contribution is -2.53. The lowest BCUT2D eigenvalue weighted by atomic mass is 10.3. The smallest absolute Gasteiger partial charge is 0.244 e. The van der Waals surface area contributed by atoms with Crippen molar-refractivity contribution in [2.24, 2.45) is 0 Å². The van der Waals surface area contributed by atoms with Crippen molar-refractivity contribution in [2.75, 3.05) is 45.8 Å². The van der Waals surface area contributed by atoms with Gasteiger partial charge in [-0.2, -0.15) is 4.31 Å². The minimum Gasteiger partial charge on any atom is -0.350 e. The van der Waals surface area contributed by atoms with Gasteiger partial charge in [-0.25, -0.2) is 8.42 Å². The van der Waals surface area contributed by atoms with Crippen molar-refractivity contribution in [3.63, 3.8) is 0 Å². The fourth-order valence-corrected chi connectivity index (χ4v) is 5.96. The Morgan fingerprint density at radius 1 is 1.09 bits per heavy atom. The molecule has 1 fully saturated rings. The number of hydrogen-bond donors (Lipinski definition) is 1. The molecular weight excluding hydrogens is 472 g/mol. The third kappa shape index (κ3) is 6.29. The summed E-state index contributed by atoms with van der Waals surface area (Å²) in [7, 11) is -3.71. The second-order valence-electron chi connectivity index (χ2n) is 7.37. The van der Waals surface area contributed by atoms with Crippen molar-refractivity contribution in [1.29, 1.82) is 0 Å². The summed E-state index contributed by atoms with van der Waals surface area (Å²) in [6.07, 6.45) is 0. The summed E-state index contributed by atoms with van der Waals surface area (Å²) < 4.78 is 27.1. The van der Waals surface area contributed by atoms with Crippen LogP contribution in [0.2, 0.25) is 5.02 Å². The predicted octanol–water partition coefficient (Wildman–Crippen LogP) is 1.87. The standard InChI is InChI=1S/C21H27ClN4O4S2/c1-2-24(15-20(27)23-14-17-6-5-13-31-17)16-21(28)25-9-11-26(12-10-25)32(29,30)19-8-4-3-7-18(19)22/h3-8,13H,2,9-12,14-16H2,1H3,(H,23,27). The monoisotopic (exact) mass is 498 g/mol. The molecule has 1 aromatic carbocycles. The molecule has 0 unspecified atom stereocenters. The summed E-state index contributed by atoms with van der Waals surface area (Å²) in [5.41, 5.74) is 0. The zero-order valence-corrected chi connectivity index (χ0v) is 20.3. The molecule has 0 aliphatic carbocycles. The number of amides is 2. The first-order valence-corrected chi connectivity index (χ1v) is 13.0. The molecule has 0 saturated carbocycles. The topological polar surface area (TPSA) is 90.0 Å². The van der Waals surface area contributed by atoms with E-state index in [0.29, 0.717) is 26.2 Å². The van der Waals surface area contributed by atoms with Crippen molar-refractivity contribution in [2.45, 2.75) is 18.4 Å². The highest BCUT2D eigenvalue weighted by Crippen LogP contribution is 2.25. The lowest BCUT2D eigenvalue weighted by molar-refractivity contribution is -0.134. The van der Waals surface area contributed by atoms with Crippen LogP contribution >= 0.6 is 22.9 Å². The number of hydrogen-bond acceptors (Lipinski definition) is 6. The number of sulfonamides is 1. The Hall–Kier alpha value is -1.98. The molecule has 174 valence electrons. The first-order chi connectivity index (χ1) is 15.3. The molecule has 1 saturated heterocycles. The zero-order valence-electron chi connectivity index (χ0n) is 17.9. The van der Waals surface area contributed by atoms with Crippen LogP contribution in [0.3, 0.4) is 0 Å². The van der Waals surface area contributed by atoms with Crippen molar-refractivity contribution in [1.82, 2.24) is 19.4 Å². The minimum absolute atomic E-state index is 0.0761. The van der Waals surface area contributed by atoms with Gasteiger partial charge in [-0.1, -0.05) is 36.7 Å². The molecule has 3 rings (SSSR count). The fourth-order valence-electron chi connectivity index (χ4n) is 3.40. The molecule has 2 heterocycles. The number of carbonyl (C=O) groups is 2. The SMILES string of the molecule is CCN(CC(=O)NCc1cccs1)CC(=O)N1CCN(S(=O)(=O)c2ccccc2Cl)CC1. The highest BCUT2D eigenvalue weighted by atomic mass is 35.5. The highest BCUT2D eigenvalue weighted by molar-refractivity contribution is 7.89. The number of benzene rings is 1. The number of nitrogens with zero attached hydrogens (tertiary/aromatic N) is 3. The molecule has 0 spiro atoms. The van der Waals surface area contributed by atoms with E-state index in [2.05, 4.69) is 5.32 Å². The number of likely N-dealkylation sites (N-methyl/N-ethyl adjacent to an activating group) is 1. The van der Waals surface area contributed by atoms with Gasteiger partial charge in [0.15, 0.2) is 0 Å². The average molecular weight is 499 g/mol. The Bertz CT molecular complexity index is 1020. The summed E-state index contributed by atoms with van der Waals surface area (Å²) in [5.74, 6) is -0.253. The van der Waals surface area contributed by atoms with Crippen molar-refractivity contribution >= 4 is 44.8 Å². The summed E-state index contributed by atoms with van der Waals surface area (Å²) in [4.78, 5) is 29.5. The van der Waals surface area contributed by atoms with E-state index in [9.17, 15) is 18.0 Å². The van der Waals surface area contributed by atoms with E-state index in [0.717, 1.165) is 4.88 Å². The van der Waals surface area contributed by atoms with Crippen LogP contribution in [0.4, 0.5) is 0 Å². The number of rotatable bonds is 9. The van der Waals surface area contributed by atoms with Crippen molar-refractivity contribution < 1.29 is 18.0 Å². The van der Waals surface area contributed by atoms with Crippen LogP contribution in [0.5, 0.6) is 0 Å². The van der Waals surface area contributed by atoms with Crippen molar-refractivity contribution in [3.05, 3.63) is 51.7 Å². The van der Waals surface area contributed by atoms with Gasteiger partial charge in [-0.15, -0.1) is 11.3 Å². The maximum absolute atomic E-state index is 12.9. The summed E-state index contributed by atoms with van der Waals surface area (Å²) in [5, 5.41) is 5.00. The molecule has 2 amide bonds. The average Bonchev–Trinajstić information content (AvgIpc) is 3.31. The van der Waals surface area contributed by atoms with Crippen LogP contribution in [0.1, 0.15) is 11.8 Å². The second kappa shape index (κ2) is 11.2. The molecule has 0 radical (unpaired) electrons. The van der Waals surface area contributed by atoms with Crippen LogP contribution < -0.4 is 5.32 Å². The number of carbonyl (C=O) groups excluding carboxylic acids is 2. The van der Waals surface area contributed by atoms with Gasteiger partial charge in [0.05, 0.1) is 24.7 Å². The van der Waals surface area contributed by atoms with Crippen LogP contribution in [-0.4, -0.2) is 80.2 Å². The molecule has 0 bridgehead atoms. The van der Waals surface area contributed by atoms with Crippen LogP contribution in [-0.2, 0) is 26.2 Å². The normalized spacial score (nSPS) is 15.2. The number of piperazine rings is 1. The molecule has 2 aromatic rings. The quantitative estimate of drug-likeness (QED) is 0.570. The van der Waals surface area contributed by atoms with E-state index < -0.39 is 10.0 Å². The Balaban J connectivity index is 1.48. The van der Waals surface area contributed by atoms with Gasteiger partial charge in [-0.05, 0) is 30.1 Å². The predicted molar refractivity (Wildman–Crippen MR) is 125 cm³/mol. The molecule has 32 heavy (non-hydrogen) atoms. The molecule has 1 aromatic heterocycles. The van der Waals surface area contributed by atoms with Gasteiger partial charge in [0.2, 0.25) is 21.8 Å². The van der Waals surface area contributed by atoms with E-state index >= 15 is 0 Å². The number of halogens is 1. The molecule has 1 N–H and O–H groups in total. The largest absolute Gasteiger partial charge is 0.350 e. The van der Waals surface area contributed by atoms with E-state index in [1.807, 2.05) is 24.4 Å². The molecule has 8 nitrogen and oxygen atoms in total. The first-order valence-electron chi connectivity index (χ1n) is 10.3. The highest BCUT2D eigenvalue weighted by Gasteiger charge is 2.31. The molecular formula is C21H27ClN4O4S2. The lowest BCUT2D eigenvalue weighted by Gasteiger charge is -2.35. The van der Waals surface area contributed by atoms with Crippen molar-refractivity contribution in [3.8, 4) is 0 Å². The molecule has 11 heteroatoms. The van der Waals surface area contributed by atoms with Gasteiger partial charge >= 0.3 is 0 Å². The summed E-state index contributed by atoms with van der Waals surface area (Å²) >= 11 is 7.64. The third-order valence-electron chi connectivity index (χ3n) is 5.26. The third-order valence-corrected chi connectivity index (χ3v) is 8.53. The Kier molecular flexibility index (Phi) is 8.66. The first kappa shape index (κ1) is 24.7. The molecule has 0 atom stereocenters. The van der Waals surface area contributed by atoms with E-state index in [1.165, 1.54) is 10.4 Å². The second-order valence-corrected chi connectivity index (χ2v) is 10.7. The molecule has 1 aliphatic heterocycles. The van der Waals surface area contributed by atoms with Gasteiger partial charge in [0.1, 0.15) is 4.90 Å². The Morgan fingerprint density at radius 2 is 1.81 bits per heavy atom. The van der Waals surface area contributed by atoms with Crippen LogP contribution in [0.25, 0.3) is 0 Å². The number of thiophene rings is 1. The zero-order chi connectivity index (χ0) is 23.1. The molecule has 1 aliphatic rings. The summed E-state index contributed by atoms with van der Waals surface area (Å²) in [6, 6.07) is 10.2. The maximum atomic E-state index is 12.9. The van der Waals surface area contributed by atoms with Crippen LogP contribution in [0, 0.1) is 0 Å². The van der Waals surface area contributed by atoms with E-state index in [1.54, 1.807) is 39.3 Å². The van der Waals surface area contributed by atoms with Gasteiger partial charge in [-0.3, -0.25) is 14.5 Å². The Labute approximate surface area is 197 Å². The summed E-state index contributed by atoms with van der Waals surface area (Å²) in [6.45, 7) is 4.17. The van der Waals surface area contributed by atoms with Crippen LogP contribution in [0.15, 0.2) is 46.7 Å². The number of nitrogens with one attached hydrogen (secondary N) is 1. The van der Waals surface area contributed by atoms with E-state index in [-0.39, 0.29) is 47.9 Å². The minimum atomic E-state index is -3.71. The maximum Gasteiger partial charge on any atom is 0.244 e. The van der Waals surface area contributed by atoms with Gasteiger partial charge in [0, 0.05) is 31.1 Å².